The summed E-state index contributed by atoms with van der Waals surface area (Å²) >= 11 is 0. The third kappa shape index (κ3) is 9.92. The molecule has 4 nitrogen and oxygen atoms in total. The molecule has 0 bridgehead atoms. The summed E-state index contributed by atoms with van der Waals surface area (Å²) in [7, 11) is 0. The van der Waals surface area contributed by atoms with Crippen molar-refractivity contribution in [3.05, 3.63) is 0 Å². The van der Waals surface area contributed by atoms with Gasteiger partial charge in [0, 0.05) is 6.54 Å². The predicted molar refractivity (Wildman–Crippen MR) is 55.0 cm³/mol. The lowest BCUT2D eigenvalue weighted by molar-refractivity contribution is -0.158. The lowest BCUT2D eigenvalue weighted by atomic mass is 10.1. The van der Waals surface area contributed by atoms with Crippen LogP contribution >= 0.6 is 0 Å². The van der Waals surface area contributed by atoms with Gasteiger partial charge in [-0.1, -0.05) is 39.0 Å². The molecule has 0 rings (SSSR count). The lowest BCUT2D eigenvalue weighted by Gasteiger charge is -2.15. The van der Waals surface area contributed by atoms with Gasteiger partial charge in [0.1, 0.15) is 0 Å². The summed E-state index contributed by atoms with van der Waals surface area (Å²) in [4.78, 5) is 0. The first-order chi connectivity index (χ1) is 6.66. The summed E-state index contributed by atoms with van der Waals surface area (Å²) in [6, 6.07) is 0. The van der Waals surface area contributed by atoms with Crippen LogP contribution in [-0.4, -0.2) is 39.9 Å². The molecule has 4 heteroatoms. The highest BCUT2D eigenvalue weighted by molar-refractivity contribution is 4.49. The fourth-order valence-electron chi connectivity index (χ4n) is 1.35. The molecule has 0 aliphatic rings. The van der Waals surface area contributed by atoms with E-state index in [0.717, 1.165) is 17.9 Å². The molecule has 0 spiro atoms. The van der Waals surface area contributed by atoms with E-state index in [0.29, 0.717) is 6.54 Å². The summed E-state index contributed by atoms with van der Waals surface area (Å²) in [5, 5.41) is 27.2. The molecule has 0 radical (unpaired) electrons. The molecule has 86 valence electrons. The van der Waals surface area contributed by atoms with Crippen molar-refractivity contribution >= 4 is 0 Å². The van der Waals surface area contributed by atoms with E-state index < -0.39 is 6.29 Å². The van der Waals surface area contributed by atoms with Gasteiger partial charge < -0.3 is 15.4 Å². The minimum atomic E-state index is -1.44. The molecule has 0 amide bonds. The van der Waals surface area contributed by atoms with E-state index in [1.165, 1.54) is 25.7 Å². The molecule has 3 N–H and O–H groups in total. The minimum Gasteiger partial charge on any atom is -0.367 e. The maximum atomic E-state index is 9.14. The minimum absolute atomic E-state index is 0.0883. The van der Waals surface area contributed by atoms with Crippen LogP contribution in [0.1, 0.15) is 45.4 Å². The molecule has 0 saturated carbocycles. The van der Waals surface area contributed by atoms with Crippen molar-refractivity contribution in [2.24, 2.45) is 0 Å². The van der Waals surface area contributed by atoms with E-state index in [1.807, 2.05) is 0 Å². The number of rotatable bonds is 9. The fourth-order valence-corrected chi connectivity index (χ4v) is 1.35. The quantitative estimate of drug-likeness (QED) is 0.302. The van der Waals surface area contributed by atoms with Crippen LogP contribution in [0.4, 0.5) is 0 Å². The van der Waals surface area contributed by atoms with E-state index in [-0.39, 0.29) is 6.54 Å². The summed E-state index contributed by atoms with van der Waals surface area (Å²) in [5.41, 5.74) is 0. The van der Waals surface area contributed by atoms with Crippen molar-refractivity contribution in [1.29, 1.82) is 0 Å². The Kier molecular flexibility index (Phi) is 9.29. The summed E-state index contributed by atoms with van der Waals surface area (Å²) < 4.78 is 0. The fraction of sp³-hybridized carbons (Fsp3) is 1.00. The maximum Gasteiger partial charge on any atom is 0.166 e. The van der Waals surface area contributed by atoms with E-state index in [1.54, 1.807) is 0 Å². The van der Waals surface area contributed by atoms with Gasteiger partial charge in [-0.05, 0) is 6.42 Å². The van der Waals surface area contributed by atoms with Gasteiger partial charge in [-0.2, -0.15) is 5.06 Å². The Balaban J connectivity index is 3.10. The normalized spacial score (nSPS) is 11.6. The second-order valence-electron chi connectivity index (χ2n) is 3.66. The van der Waals surface area contributed by atoms with Gasteiger partial charge in [0.25, 0.3) is 0 Å². The van der Waals surface area contributed by atoms with Gasteiger partial charge in [-0.15, -0.1) is 0 Å². The molecule has 0 aliphatic heterocycles. The average Bonchev–Trinajstić information content (AvgIpc) is 2.10. The highest BCUT2D eigenvalue weighted by atomic mass is 16.5. The van der Waals surface area contributed by atoms with Gasteiger partial charge in [-0.25, -0.2) is 0 Å². The number of hydroxylamine groups is 2. The van der Waals surface area contributed by atoms with Crippen molar-refractivity contribution in [3.63, 3.8) is 0 Å². The zero-order valence-corrected chi connectivity index (χ0v) is 9.02. The standard InChI is InChI=1S/C10H23NO3/c1-2-3-4-5-6-7-8-11(14)9-10(12)13/h10,12-14H,2-9H2,1H3. The summed E-state index contributed by atoms with van der Waals surface area (Å²) in [6.07, 6.45) is 5.53. The topological polar surface area (TPSA) is 63.9 Å². The Morgan fingerprint density at radius 3 is 2.14 bits per heavy atom. The van der Waals surface area contributed by atoms with E-state index in [2.05, 4.69) is 6.92 Å². The lowest BCUT2D eigenvalue weighted by Crippen LogP contribution is -2.30. The van der Waals surface area contributed by atoms with Crippen molar-refractivity contribution in [1.82, 2.24) is 5.06 Å². The highest BCUT2D eigenvalue weighted by Crippen LogP contribution is 2.05. The SMILES string of the molecule is CCCCCCCCN(O)CC(O)O. The first-order valence-electron chi connectivity index (χ1n) is 5.46. The summed E-state index contributed by atoms with van der Waals surface area (Å²) in [5.74, 6) is 0. The highest BCUT2D eigenvalue weighted by Gasteiger charge is 2.04. The van der Waals surface area contributed by atoms with Crippen molar-refractivity contribution in [3.8, 4) is 0 Å². The zero-order valence-electron chi connectivity index (χ0n) is 9.02. The smallest absolute Gasteiger partial charge is 0.166 e. The Morgan fingerprint density at radius 2 is 1.57 bits per heavy atom. The van der Waals surface area contributed by atoms with Gasteiger partial charge in [-0.3, -0.25) is 0 Å². The van der Waals surface area contributed by atoms with E-state index in [4.69, 9.17) is 15.4 Å². The molecule has 0 saturated heterocycles. The maximum absolute atomic E-state index is 9.14. The molecule has 0 aromatic heterocycles. The number of aliphatic hydroxyl groups is 2. The van der Waals surface area contributed by atoms with Gasteiger partial charge >= 0.3 is 0 Å². The van der Waals surface area contributed by atoms with Crippen LogP contribution in [0.5, 0.6) is 0 Å². The predicted octanol–water partition coefficient (Wildman–Crippen LogP) is 1.35. The van der Waals surface area contributed by atoms with Crippen LogP contribution < -0.4 is 0 Å². The van der Waals surface area contributed by atoms with Crippen LogP contribution in [-0.2, 0) is 0 Å². The van der Waals surface area contributed by atoms with Crippen LogP contribution in [0.15, 0.2) is 0 Å². The number of aliphatic hydroxyl groups excluding tert-OH is 1. The number of hydrogen-bond acceptors (Lipinski definition) is 4. The van der Waals surface area contributed by atoms with Gasteiger partial charge in [0.15, 0.2) is 6.29 Å². The third-order valence-electron chi connectivity index (χ3n) is 2.14. The van der Waals surface area contributed by atoms with Crippen molar-refractivity contribution < 1.29 is 15.4 Å². The second-order valence-corrected chi connectivity index (χ2v) is 3.66. The van der Waals surface area contributed by atoms with Crippen molar-refractivity contribution in [2.75, 3.05) is 13.1 Å². The first-order valence-corrected chi connectivity index (χ1v) is 5.46. The van der Waals surface area contributed by atoms with Gasteiger partial charge in [0.2, 0.25) is 0 Å². The molecule has 0 aromatic carbocycles. The third-order valence-corrected chi connectivity index (χ3v) is 2.14. The zero-order chi connectivity index (χ0) is 10.8. The summed E-state index contributed by atoms with van der Waals surface area (Å²) in [6.45, 7) is 2.61. The molecule has 0 fully saturated rings. The monoisotopic (exact) mass is 205 g/mol. The van der Waals surface area contributed by atoms with Crippen LogP contribution in [0.2, 0.25) is 0 Å². The Bertz CT molecular complexity index is 120. The molecule has 0 aliphatic carbocycles. The Hall–Kier alpha value is -0.160. The van der Waals surface area contributed by atoms with Crippen LogP contribution in [0, 0.1) is 0 Å². The average molecular weight is 205 g/mol. The molecule has 0 heterocycles. The Labute approximate surface area is 86.1 Å². The molecule has 0 unspecified atom stereocenters. The molecule has 14 heavy (non-hydrogen) atoms. The first kappa shape index (κ1) is 13.8. The molecule has 0 atom stereocenters. The van der Waals surface area contributed by atoms with Crippen LogP contribution in [0.3, 0.4) is 0 Å². The van der Waals surface area contributed by atoms with E-state index >= 15 is 0 Å². The number of hydrogen-bond donors (Lipinski definition) is 3. The van der Waals surface area contributed by atoms with Gasteiger partial charge in [0.05, 0.1) is 6.54 Å². The second kappa shape index (κ2) is 9.40. The molecule has 0 aromatic rings. The Morgan fingerprint density at radius 1 is 1.00 bits per heavy atom. The largest absolute Gasteiger partial charge is 0.367 e. The number of unbranched alkanes of at least 4 members (excludes halogenated alkanes) is 5. The number of nitrogens with zero attached hydrogens (tertiary/aromatic N) is 1. The van der Waals surface area contributed by atoms with Crippen LogP contribution in [0.25, 0.3) is 0 Å². The molecular weight excluding hydrogens is 182 g/mol. The van der Waals surface area contributed by atoms with E-state index in [9.17, 15) is 0 Å². The molecular formula is C10H23NO3. The van der Waals surface area contributed by atoms with Crippen molar-refractivity contribution in [2.45, 2.75) is 51.7 Å².